The van der Waals surface area contributed by atoms with Crippen molar-refractivity contribution in [3.05, 3.63) is 34.9 Å². The van der Waals surface area contributed by atoms with Gasteiger partial charge in [-0.3, -0.25) is 4.79 Å². The van der Waals surface area contributed by atoms with Crippen LogP contribution in [0, 0.1) is 25.7 Å². The van der Waals surface area contributed by atoms with Crippen LogP contribution in [-0.4, -0.2) is 36.5 Å². The number of rotatable bonds is 3. The van der Waals surface area contributed by atoms with Crippen molar-refractivity contribution < 1.29 is 14.3 Å². The lowest BCUT2D eigenvalue weighted by Gasteiger charge is -2.34. The second-order valence-electron chi connectivity index (χ2n) is 6.70. The van der Waals surface area contributed by atoms with E-state index in [0.717, 1.165) is 30.6 Å². The Balaban J connectivity index is 1.91. The van der Waals surface area contributed by atoms with Gasteiger partial charge in [-0.15, -0.1) is 0 Å². The first kappa shape index (κ1) is 16.5. The number of carbonyl (C=O) groups excluding carboxylic acids is 2. The number of piperidine rings is 1. The maximum atomic E-state index is 12.2. The lowest BCUT2D eigenvalue weighted by molar-refractivity contribution is -0.137. The predicted molar refractivity (Wildman–Crippen MR) is 85.7 cm³/mol. The molecule has 4 heteroatoms. The highest BCUT2D eigenvalue weighted by Gasteiger charge is 2.26. The van der Waals surface area contributed by atoms with Crippen LogP contribution >= 0.6 is 0 Å². The highest BCUT2D eigenvalue weighted by molar-refractivity contribution is 5.91. The van der Waals surface area contributed by atoms with Crippen molar-refractivity contribution in [1.82, 2.24) is 4.90 Å². The standard InChI is InChI=1S/C18H25NO3/c1-12-5-13(2)8-16(7-12)18(21)22-11-17(20)19-9-14(3)6-15(4)10-19/h5,7-8,14-15H,6,9-11H2,1-4H3/t14-,15-/m1/s1. The average molecular weight is 303 g/mol. The van der Waals surface area contributed by atoms with Crippen molar-refractivity contribution in [3.63, 3.8) is 0 Å². The lowest BCUT2D eigenvalue weighted by Crippen LogP contribution is -2.44. The number of likely N-dealkylation sites (tertiary alicyclic amines) is 1. The number of aryl methyl sites for hydroxylation is 2. The summed E-state index contributed by atoms with van der Waals surface area (Å²) in [5.41, 5.74) is 2.53. The summed E-state index contributed by atoms with van der Waals surface area (Å²) in [5, 5.41) is 0. The van der Waals surface area contributed by atoms with Gasteiger partial charge in [0.25, 0.3) is 5.91 Å². The molecule has 0 N–H and O–H groups in total. The number of benzene rings is 1. The van der Waals surface area contributed by atoms with Gasteiger partial charge < -0.3 is 9.64 Å². The minimum atomic E-state index is -0.432. The smallest absolute Gasteiger partial charge is 0.338 e. The summed E-state index contributed by atoms with van der Waals surface area (Å²) >= 11 is 0. The molecule has 120 valence electrons. The van der Waals surface area contributed by atoms with Crippen molar-refractivity contribution >= 4 is 11.9 Å². The third-order valence-corrected chi connectivity index (χ3v) is 4.01. The molecule has 1 aliphatic heterocycles. The van der Waals surface area contributed by atoms with E-state index in [1.807, 2.05) is 24.8 Å². The summed E-state index contributed by atoms with van der Waals surface area (Å²) in [7, 11) is 0. The van der Waals surface area contributed by atoms with Gasteiger partial charge in [0.05, 0.1) is 5.56 Å². The Morgan fingerprint density at radius 2 is 1.64 bits per heavy atom. The maximum Gasteiger partial charge on any atom is 0.338 e. The molecule has 0 bridgehead atoms. The van der Waals surface area contributed by atoms with Crippen LogP contribution in [0.2, 0.25) is 0 Å². The third-order valence-electron chi connectivity index (χ3n) is 4.01. The van der Waals surface area contributed by atoms with Crippen molar-refractivity contribution in [2.75, 3.05) is 19.7 Å². The Morgan fingerprint density at radius 3 is 2.18 bits per heavy atom. The van der Waals surface area contributed by atoms with E-state index in [4.69, 9.17) is 4.74 Å². The van der Waals surface area contributed by atoms with E-state index in [-0.39, 0.29) is 12.5 Å². The molecular weight excluding hydrogens is 278 g/mol. The molecule has 1 aromatic carbocycles. The Labute approximate surface area is 132 Å². The normalized spacial score (nSPS) is 21.5. The highest BCUT2D eigenvalue weighted by Crippen LogP contribution is 2.21. The van der Waals surface area contributed by atoms with Gasteiger partial charge in [0.15, 0.2) is 6.61 Å². The lowest BCUT2D eigenvalue weighted by atomic mass is 9.92. The van der Waals surface area contributed by atoms with E-state index in [1.54, 1.807) is 12.1 Å². The molecule has 4 nitrogen and oxygen atoms in total. The second kappa shape index (κ2) is 6.95. The van der Waals surface area contributed by atoms with Crippen LogP contribution in [0.15, 0.2) is 18.2 Å². The van der Waals surface area contributed by atoms with Crippen LogP contribution in [0.3, 0.4) is 0 Å². The summed E-state index contributed by atoms with van der Waals surface area (Å²) in [6.07, 6.45) is 1.14. The number of esters is 1. The predicted octanol–water partition coefficient (Wildman–Crippen LogP) is 2.96. The molecule has 1 saturated heterocycles. The van der Waals surface area contributed by atoms with Crippen molar-refractivity contribution in [3.8, 4) is 0 Å². The first-order valence-corrected chi connectivity index (χ1v) is 7.88. The molecule has 1 fully saturated rings. The average Bonchev–Trinajstić information content (AvgIpc) is 2.42. The summed E-state index contributed by atoms with van der Waals surface area (Å²) in [4.78, 5) is 26.1. The number of hydrogen-bond donors (Lipinski definition) is 0. The largest absolute Gasteiger partial charge is 0.452 e. The minimum absolute atomic E-state index is 0.101. The highest BCUT2D eigenvalue weighted by atomic mass is 16.5. The maximum absolute atomic E-state index is 12.2. The van der Waals surface area contributed by atoms with Gasteiger partial charge in [-0.25, -0.2) is 4.79 Å². The first-order valence-electron chi connectivity index (χ1n) is 7.88. The zero-order valence-electron chi connectivity index (χ0n) is 13.9. The molecule has 1 amide bonds. The summed E-state index contributed by atoms with van der Waals surface area (Å²) in [6.45, 7) is 9.51. The van der Waals surface area contributed by atoms with Crippen LogP contribution in [-0.2, 0) is 9.53 Å². The molecule has 1 aromatic rings. The quantitative estimate of drug-likeness (QED) is 0.807. The molecule has 1 heterocycles. The van der Waals surface area contributed by atoms with Crippen LogP contribution in [0.1, 0.15) is 41.8 Å². The Kier molecular flexibility index (Phi) is 5.22. The van der Waals surface area contributed by atoms with E-state index >= 15 is 0 Å². The molecular formula is C18H25NO3. The number of ether oxygens (including phenoxy) is 1. The van der Waals surface area contributed by atoms with Gasteiger partial charge >= 0.3 is 5.97 Å². The molecule has 0 spiro atoms. The Morgan fingerprint density at radius 1 is 1.09 bits per heavy atom. The van der Waals surface area contributed by atoms with E-state index < -0.39 is 5.97 Å². The number of hydrogen-bond acceptors (Lipinski definition) is 3. The van der Waals surface area contributed by atoms with Crippen molar-refractivity contribution in [2.24, 2.45) is 11.8 Å². The second-order valence-corrected chi connectivity index (χ2v) is 6.70. The summed E-state index contributed by atoms with van der Waals surface area (Å²) < 4.78 is 5.19. The fraction of sp³-hybridized carbons (Fsp3) is 0.556. The van der Waals surface area contributed by atoms with Crippen LogP contribution in [0.25, 0.3) is 0 Å². The van der Waals surface area contributed by atoms with Crippen molar-refractivity contribution in [2.45, 2.75) is 34.1 Å². The SMILES string of the molecule is Cc1cc(C)cc(C(=O)OCC(=O)N2C[C@H](C)C[C@@H](C)C2)c1. The van der Waals surface area contributed by atoms with E-state index in [0.29, 0.717) is 17.4 Å². The van der Waals surface area contributed by atoms with Gasteiger partial charge in [0.1, 0.15) is 0 Å². The van der Waals surface area contributed by atoms with Crippen molar-refractivity contribution in [1.29, 1.82) is 0 Å². The Bertz CT molecular complexity index is 537. The van der Waals surface area contributed by atoms with Gasteiger partial charge in [0.2, 0.25) is 0 Å². The van der Waals surface area contributed by atoms with Gasteiger partial charge in [-0.05, 0) is 44.2 Å². The Hall–Kier alpha value is -1.84. The molecule has 22 heavy (non-hydrogen) atoms. The number of nitrogens with zero attached hydrogens (tertiary/aromatic N) is 1. The molecule has 0 unspecified atom stereocenters. The number of amides is 1. The van der Waals surface area contributed by atoms with Crippen LogP contribution in [0.5, 0.6) is 0 Å². The monoisotopic (exact) mass is 303 g/mol. The molecule has 0 radical (unpaired) electrons. The topological polar surface area (TPSA) is 46.6 Å². The van der Waals surface area contributed by atoms with E-state index in [1.165, 1.54) is 0 Å². The molecule has 0 saturated carbocycles. The summed E-state index contributed by atoms with van der Waals surface area (Å²) in [6, 6.07) is 5.56. The van der Waals surface area contributed by atoms with Crippen LogP contribution in [0.4, 0.5) is 0 Å². The molecule has 1 aliphatic rings. The van der Waals surface area contributed by atoms with Gasteiger partial charge in [0, 0.05) is 13.1 Å². The van der Waals surface area contributed by atoms with E-state index in [9.17, 15) is 9.59 Å². The fourth-order valence-electron chi connectivity index (χ4n) is 3.26. The molecule has 2 atom stereocenters. The third kappa shape index (κ3) is 4.33. The molecule has 2 rings (SSSR count). The fourth-order valence-corrected chi connectivity index (χ4v) is 3.26. The zero-order chi connectivity index (χ0) is 16.3. The van der Waals surface area contributed by atoms with Gasteiger partial charge in [-0.1, -0.05) is 31.0 Å². The first-order chi connectivity index (χ1) is 10.3. The number of carbonyl (C=O) groups is 2. The minimum Gasteiger partial charge on any atom is -0.452 e. The van der Waals surface area contributed by atoms with Crippen LogP contribution < -0.4 is 0 Å². The molecule has 0 aliphatic carbocycles. The molecule has 0 aromatic heterocycles. The zero-order valence-corrected chi connectivity index (χ0v) is 13.9. The van der Waals surface area contributed by atoms with E-state index in [2.05, 4.69) is 13.8 Å². The van der Waals surface area contributed by atoms with Gasteiger partial charge in [-0.2, -0.15) is 0 Å². The summed E-state index contributed by atoms with van der Waals surface area (Å²) in [5.74, 6) is 0.472.